The van der Waals surface area contributed by atoms with Gasteiger partial charge in [-0.1, -0.05) is 12.1 Å². The number of hydrogen-bond acceptors (Lipinski definition) is 6. The van der Waals surface area contributed by atoms with Crippen LogP contribution in [0.2, 0.25) is 0 Å². The van der Waals surface area contributed by atoms with Gasteiger partial charge in [-0.2, -0.15) is 0 Å². The third-order valence-corrected chi connectivity index (χ3v) is 3.19. The van der Waals surface area contributed by atoms with Crippen LogP contribution in [0, 0.1) is 0 Å². The van der Waals surface area contributed by atoms with Crippen molar-refractivity contribution in [1.82, 2.24) is 15.3 Å². The number of esters is 1. The molecule has 0 bridgehead atoms. The van der Waals surface area contributed by atoms with Gasteiger partial charge in [0.1, 0.15) is 17.5 Å². The Morgan fingerprint density at radius 3 is 2.48 bits per heavy atom. The van der Waals surface area contributed by atoms with E-state index < -0.39 is 17.9 Å². The molecule has 7 heteroatoms. The van der Waals surface area contributed by atoms with Gasteiger partial charge >= 0.3 is 5.97 Å². The molecule has 1 heterocycles. The first kappa shape index (κ1) is 16.4. The lowest BCUT2D eigenvalue weighted by atomic mass is 10.1. The average molecular weight is 315 g/mol. The number of carbonyl (C=O) groups is 2. The number of methoxy groups -OCH3 is 2. The maximum Gasteiger partial charge on any atom is 0.328 e. The molecule has 1 N–H and O–H groups in total. The standard InChI is InChI=1S/C16H17N3O4/c1-22-12-5-3-11(4-6-12)9-13(16(21)23-2)19-15(20)14-10-17-7-8-18-14/h3-8,10,13H,9H2,1-2H3,(H,19,20). The van der Waals surface area contributed by atoms with Gasteiger partial charge in [0, 0.05) is 18.8 Å². The summed E-state index contributed by atoms with van der Waals surface area (Å²) in [6.45, 7) is 0. The predicted molar refractivity (Wildman–Crippen MR) is 82.0 cm³/mol. The van der Waals surface area contributed by atoms with Crippen molar-refractivity contribution in [3.8, 4) is 5.75 Å². The molecule has 7 nitrogen and oxygen atoms in total. The first-order valence-corrected chi connectivity index (χ1v) is 6.91. The van der Waals surface area contributed by atoms with Gasteiger partial charge in [-0.05, 0) is 17.7 Å². The SMILES string of the molecule is COC(=O)C(Cc1ccc(OC)cc1)NC(=O)c1cnccn1. The lowest BCUT2D eigenvalue weighted by Crippen LogP contribution is -2.43. The van der Waals surface area contributed by atoms with E-state index in [0.717, 1.165) is 5.56 Å². The van der Waals surface area contributed by atoms with Crippen molar-refractivity contribution in [3.63, 3.8) is 0 Å². The van der Waals surface area contributed by atoms with E-state index in [4.69, 9.17) is 9.47 Å². The fraction of sp³-hybridized carbons (Fsp3) is 0.250. The van der Waals surface area contributed by atoms with E-state index in [0.29, 0.717) is 12.2 Å². The molecule has 120 valence electrons. The van der Waals surface area contributed by atoms with Crippen molar-refractivity contribution in [2.24, 2.45) is 0 Å². The first-order chi connectivity index (χ1) is 11.1. The van der Waals surface area contributed by atoms with Crippen LogP contribution >= 0.6 is 0 Å². The molecular weight excluding hydrogens is 298 g/mol. The molecule has 23 heavy (non-hydrogen) atoms. The Labute approximate surface area is 133 Å². The molecule has 2 rings (SSSR count). The molecule has 1 atom stereocenters. The van der Waals surface area contributed by atoms with Gasteiger partial charge in [0.25, 0.3) is 5.91 Å². The Morgan fingerprint density at radius 2 is 1.91 bits per heavy atom. The van der Waals surface area contributed by atoms with Crippen molar-refractivity contribution < 1.29 is 19.1 Å². The maximum absolute atomic E-state index is 12.1. The smallest absolute Gasteiger partial charge is 0.328 e. The fourth-order valence-corrected chi connectivity index (χ4v) is 1.98. The minimum atomic E-state index is -0.817. The molecule has 1 unspecified atom stereocenters. The van der Waals surface area contributed by atoms with Crippen LogP contribution in [-0.2, 0) is 16.0 Å². The molecule has 0 radical (unpaired) electrons. The summed E-state index contributed by atoms with van der Waals surface area (Å²) in [7, 11) is 2.85. The van der Waals surface area contributed by atoms with Crippen LogP contribution in [-0.4, -0.2) is 42.1 Å². The zero-order valence-electron chi connectivity index (χ0n) is 12.9. The average Bonchev–Trinajstić information content (AvgIpc) is 2.61. The molecule has 1 amide bonds. The molecule has 2 aromatic rings. The van der Waals surface area contributed by atoms with E-state index in [-0.39, 0.29) is 5.69 Å². The topological polar surface area (TPSA) is 90.4 Å². The molecular formula is C16H17N3O4. The minimum absolute atomic E-state index is 0.135. The molecule has 1 aromatic carbocycles. The highest BCUT2D eigenvalue weighted by Gasteiger charge is 2.23. The summed E-state index contributed by atoms with van der Waals surface area (Å²) < 4.78 is 9.84. The number of nitrogens with one attached hydrogen (secondary N) is 1. The Morgan fingerprint density at radius 1 is 1.17 bits per heavy atom. The number of amides is 1. The number of aromatic nitrogens is 2. The second kappa shape index (κ2) is 7.88. The molecule has 0 aliphatic carbocycles. The molecule has 0 spiro atoms. The Hall–Kier alpha value is -2.96. The van der Waals surface area contributed by atoms with Gasteiger partial charge in [0.15, 0.2) is 0 Å². The number of carbonyl (C=O) groups excluding carboxylic acids is 2. The summed E-state index contributed by atoms with van der Waals surface area (Å²) in [5.74, 6) is -0.299. The van der Waals surface area contributed by atoms with Crippen molar-refractivity contribution in [1.29, 1.82) is 0 Å². The van der Waals surface area contributed by atoms with Gasteiger partial charge in [-0.15, -0.1) is 0 Å². The van der Waals surface area contributed by atoms with Crippen LogP contribution in [0.25, 0.3) is 0 Å². The third kappa shape index (κ3) is 4.50. The number of benzene rings is 1. The third-order valence-electron chi connectivity index (χ3n) is 3.19. The predicted octanol–water partition coefficient (Wildman–Crippen LogP) is 0.999. The summed E-state index contributed by atoms with van der Waals surface area (Å²) in [4.78, 5) is 31.8. The largest absolute Gasteiger partial charge is 0.497 e. The summed E-state index contributed by atoms with van der Waals surface area (Å²) in [5.41, 5.74) is 0.997. The van der Waals surface area contributed by atoms with Crippen LogP contribution in [0.5, 0.6) is 5.75 Å². The monoisotopic (exact) mass is 315 g/mol. The number of hydrogen-bond donors (Lipinski definition) is 1. The Balaban J connectivity index is 2.10. The minimum Gasteiger partial charge on any atom is -0.497 e. The number of nitrogens with zero attached hydrogens (tertiary/aromatic N) is 2. The zero-order valence-corrected chi connectivity index (χ0v) is 12.9. The van der Waals surface area contributed by atoms with E-state index in [2.05, 4.69) is 15.3 Å². The van der Waals surface area contributed by atoms with Gasteiger partial charge in [-0.25, -0.2) is 9.78 Å². The summed E-state index contributed by atoms with van der Waals surface area (Å²) in [6, 6.07) is 6.40. The molecule has 0 aliphatic rings. The van der Waals surface area contributed by atoms with E-state index in [1.165, 1.54) is 25.7 Å². The molecule has 0 fully saturated rings. The highest BCUT2D eigenvalue weighted by Crippen LogP contribution is 2.13. The van der Waals surface area contributed by atoms with Crippen molar-refractivity contribution >= 4 is 11.9 Å². The van der Waals surface area contributed by atoms with Crippen LogP contribution < -0.4 is 10.1 Å². The lowest BCUT2D eigenvalue weighted by molar-refractivity contribution is -0.142. The van der Waals surface area contributed by atoms with Gasteiger partial charge in [-0.3, -0.25) is 9.78 Å². The number of ether oxygens (including phenoxy) is 2. The van der Waals surface area contributed by atoms with E-state index in [1.807, 2.05) is 12.1 Å². The summed E-state index contributed by atoms with van der Waals surface area (Å²) in [6.07, 6.45) is 4.50. The van der Waals surface area contributed by atoms with E-state index in [9.17, 15) is 9.59 Å². The van der Waals surface area contributed by atoms with Gasteiger partial charge < -0.3 is 14.8 Å². The van der Waals surface area contributed by atoms with E-state index in [1.54, 1.807) is 19.2 Å². The highest BCUT2D eigenvalue weighted by molar-refractivity contribution is 5.94. The van der Waals surface area contributed by atoms with Crippen LogP contribution in [0.4, 0.5) is 0 Å². The fourth-order valence-electron chi connectivity index (χ4n) is 1.98. The summed E-state index contributed by atoms with van der Waals surface area (Å²) in [5, 5.41) is 2.61. The lowest BCUT2D eigenvalue weighted by Gasteiger charge is -2.16. The normalized spacial score (nSPS) is 11.4. The molecule has 0 saturated heterocycles. The maximum atomic E-state index is 12.1. The zero-order chi connectivity index (χ0) is 16.7. The summed E-state index contributed by atoms with van der Waals surface area (Å²) >= 11 is 0. The van der Waals surface area contributed by atoms with E-state index >= 15 is 0 Å². The van der Waals surface area contributed by atoms with Crippen LogP contribution in [0.1, 0.15) is 16.1 Å². The molecule has 0 saturated carbocycles. The Kier molecular flexibility index (Phi) is 5.62. The first-order valence-electron chi connectivity index (χ1n) is 6.91. The second-order valence-electron chi connectivity index (χ2n) is 4.69. The van der Waals surface area contributed by atoms with Crippen molar-refractivity contribution in [2.45, 2.75) is 12.5 Å². The van der Waals surface area contributed by atoms with Crippen molar-refractivity contribution in [2.75, 3.05) is 14.2 Å². The molecule has 0 aliphatic heterocycles. The Bertz CT molecular complexity index is 659. The van der Waals surface area contributed by atoms with Crippen LogP contribution in [0.15, 0.2) is 42.9 Å². The second-order valence-corrected chi connectivity index (χ2v) is 4.69. The van der Waals surface area contributed by atoms with Gasteiger partial charge in [0.05, 0.1) is 20.4 Å². The van der Waals surface area contributed by atoms with Gasteiger partial charge in [0.2, 0.25) is 0 Å². The highest BCUT2D eigenvalue weighted by atomic mass is 16.5. The quantitative estimate of drug-likeness (QED) is 0.800. The molecule has 1 aromatic heterocycles. The van der Waals surface area contributed by atoms with Crippen LogP contribution in [0.3, 0.4) is 0 Å². The number of rotatable bonds is 6. The van der Waals surface area contributed by atoms with Crippen molar-refractivity contribution in [3.05, 3.63) is 54.1 Å².